The maximum atomic E-state index is 14.3. The number of halogens is 2. The van der Waals surface area contributed by atoms with E-state index in [1.54, 1.807) is 70.5 Å². The second-order valence-corrected chi connectivity index (χ2v) is 12.6. The van der Waals surface area contributed by atoms with Crippen LogP contribution in [0.5, 0.6) is 23.0 Å². The van der Waals surface area contributed by atoms with Crippen molar-refractivity contribution in [1.82, 2.24) is 4.57 Å². The van der Waals surface area contributed by atoms with Gasteiger partial charge in [0.2, 0.25) is 0 Å². The predicted molar refractivity (Wildman–Crippen MR) is 183 cm³/mol. The molecule has 0 bridgehead atoms. The lowest BCUT2D eigenvalue weighted by Crippen LogP contribution is -2.40. The van der Waals surface area contributed by atoms with Gasteiger partial charge in [0.15, 0.2) is 27.8 Å². The molecule has 0 N–H and O–H groups in total. The minimum absolute atomic E-state index is 0.0849. The highest BCUT2D eigenvalue weighted by atomic mass is 35.5. The lowest BCUT2D eigenvalue weighted by Gasteiger charge is -2.25. The van der Waals surface area contributed by atoms with Crippen LogP contribution in [0.3, 0.4) is 0 Å². The molecule has 246 valence electrons. The van der Waals surface area contributed by atoms with Crippen LogP contribution >= 0.6 is 34.5 Å². The van der Waals surface area contributed by atoms with E-state index >= 15 is 0 Å². The maximum absolute atomic E-state index is 14.3. The highest BCUT2D eigenvalue weighted by Gasteiger charge is 2.34. The van der Waals surface area contributed by atoms with Crippen LogP contribution in [0, 0.1) is 0 Å². The van der Waals surface area contributed by atoms with Crippen molar-refractivity contribution < 1.29 is 28.5 Å². The molecule has 12 heteroatoms. The number of esters is 1. The summed E-state index contributed by atoms with van der Waals surface area (Å²) in [5.74, 6) is 1.36. The minimum atomic E-state index is -0.831. The second kappa shape index (κ2) is 14.7. The van der Waals surface area contributed by atoms with Crippen LogP contribution in [0.1, 0.15) is 50.4 Å². The first-order valence-electron chi connectivity index (χ1n) is 14.8. The Balaban J connectivity index is 1.65. The summed E-state index contributed by atoms with van der Waals surface area (Å²) in [6, 6.07) is 15.1. The van der Waals surface area contributed by atoms with E-state index in [2.05, 4.69) is 4.99 Å². The molecule has 0 fully saturated rings. The van der Waals surface area contributed by atoms with Gasteiger partial charge in [0, 0.05) is 21.2 Å². The first-order chi connectivity index (χ1) is 22.6. The molecule has 0 saturated heterocycles. The molecule has 0 radical (unpaired) electrons. The highest BCUT2D eigenvalue weighted by Crippen LogP contribution is 2.37. The van der Waals surface area contributed by atoms with Gasteiger partial charge in [-0.2, -0.15) is 0 Å². The van der Waals surface area contributed by atoms with E-state index in [0.29, 0.717) is 59.2 Å². The molecule has 2 heterocycles. The largest absolute Gasteiger partial charge is 0.493 e. The fourth-order valence-corrected chi connectivity index (χ4v) is 6.70. The van der Waals surface area contributed by atoms with E-state index in [-0.39, 0.29) is 30.5 Å². The van der Waals surface area contributed by atoms with Crippen LogP contribution in [0.25, 0.3) is 6.08 Å². The van der Waals surface area contributed by atoms with Crippen LogP contribution in [0.4, 0.5) is 0 Å². The number of carbonyl (C=O) groups excluding carboxylic acids is 1. The summed E-state index contributed by atoms with van der Waals surface area (Å²) in [5, 5.41) is 0.987. The number of nitrogens with zero attached hydrogens (tertiary/aromatic N) is 2. The van der Waals surface area contributed by atoms with Crippen molar-refractivity contribution in [3.05, 3.63) is 112 Å². The number of thiazole rings is 1. The molecule has 5 rings (SSSR count). The van der Waals surface area contributed by atoms with Crippen LogP contribution in [0.2, 0.25) is 10.0 Å². The number of ether oxygens (including phenoxy) is 5. The number of benzene rings is 3. The third-order valence-electron chi connectivity index (χ3n) is 7.29. The Morgan fingerprint density at radius 1 is 1.04 bits per heavy atom. The van der Waals surface area contributed by atoms with E-state index < -0.39 is 12.0 Å². The molecule has 0 spiro atoms. The van der Waals surface area contributed by atoms with E-state index in [9.17, 15) is 9.59 Å². The number of methoxy groups -OCH3 is 2. The third-order valence-corrected chi connectivity index (χ3v) is 8.86. The van der Waals surface area contributed by atoms with E-state index in [1.165, 1.54) is 15.9 Å². The second-order valence-electron chi connectivity index (χ2n) is 10.8. The monoisotopic (exact) mass is 696 g/mol. The zero-order valence-corrected chi connectivity index (χ0v) is 29.1. The third kappa shape index (κ3) is 7.20. The average molecular weight is 698 g/mol. The van der Waals surface area contributed by atoms with Gasteiger partial charge in [-0.05, 0) is 69.7 Å². The average Bonchev–Trinajstić information content (AvgIpc) is 3.34. The van der Waals surface area contributed by atoms with Gasteiger partial charge in [-0.15, -0.1) is 0 Å². The zero-order valence-electron chi connectivity index (χ0n) is 26.8. The summed E-state index contributed by atoms with van der Waals surface area (Å²) in [7, 11) is 3.08. The Labute approximate surface area is 286 Å². The first-order valence-corrected chi connectivity index (χ1v) is 16.4. The van der Waals surface area contributed by atoms with Crippen molar-refractivity contribution in [2.45, 2.75) is 46.4 Å². The highest BCUT2D eigenvalue weighted by molar-refractivity contribution is 7.07. The molecule has 1 aliphatic rings. The molecule has 0 amide bonds. The van der Waals surface area contributed by atoms with Crippen LogP contribution < -0.4 is 33.8 Å². The number of para-hydroxylation sites is 1. The summed E-state index contributed by atoms with van der Waals surface area (Å²) in [5.41, 5.74) is 2.34. The summed E-state index contributed by atoms with van der Waals surface area (Å²) >= 11 is 13.7. The maximum Gasteiger partial charge on any atom is 0.338 e. The normalized spacial score (nSPS) is 14.5. The number of hydrogen-bond acceptors (Lipinski definition) is 9. The van der Waals surface area contributed by atoms with Crippen LogP contribution in [0.15, 0.2) is 75.7 Å². The van der Waals surface area contributed by atoms with E-state index in [4.69, 9.17) is 46.9 Å². The van der Waals surface area contributed by atoms with Gasteiger partial charge in [0.1, 0.15) is 6.61 Å². The molecule has 47 heavy (non-hydrogen) atoms. The van der Waals surface area contributed by atoms with E-state index in [1.807, 2.05) is 32.0 Å². The minimum Gasteiger partial charge on any atom is -0.493 e. The van der Waals surface area contributed by atoms with Gasteiger partial charge in [-0.3, -0.25) is 9.36 Å². The quantitative estimate of drug-likeness (QED) is 0.165. The lowest BCUT2D eigenvalue weighted by atomic mass is 9.95. The standard InChI is InChI=1S/C35H34Cl2N2O7S/c1-7-44-34(41)30-20(4)38-35-39(31(30)21-12-14-26(46-19(2)3)28(15-21)43-6)33(40)29(47-35)16-22-9-8-10-27(42-5)32(22)45-18-23-11-13-24(36)17-25(23)37/h8-17,19,31H,7,18H2,1-6H3/b29-16+/t31-/m1/s1. The number of carbonyl (C=O) groups is 1. The first kappa shape index (κ1) is 34.1. The molecule has 1 atom stereocenters. The van der Waals surface area contributed by atoms with Crippen LogP contribution in [-0.4, -0.2) is 37.5 Å². The van der Waals surface area contributed by atoms with Crippen molar-refractivity contribution in [2.75, 3.05) is 20.8 Å². The molecule has 0 unspecified atom stereocenters. The smallest absolute Gasteiger partial charge is 0.338 e. The predicted octanol–water partition coefficient (Wildman–Crippen LogP) is 6.49. The van der Waals surface area contributed by atoms with Crippen LogP contribution in [-0.2, 0) is 16.1 Å². The molecule has 1 aliphatic heterocycles. The Morgan fingerprint density at radius 3 is 2.49 bits per heavy atom. The number of fused-ring (bicyclic) bond motifs is 1. The van der Waals surface area contributed by atoms with Gasteiger partial charge < -0.3 is 23.7 Å². The number of hydrogen-bond donors (Lipinski definition) is 0. The molecule has 9 nitrogen and oxygen atoms in total. The van der Waals surface area contributed by atoms with Crippen molar-refractivity contribution in [1.29, 1.82) is 0 Å². The number of allylic oxidation sites excluding steroid dienone is 1. The zero-order chi connectivity index (χ0) is 33.8. The Morgan fingerprint density at radius 2 is 1.81 bits per heavy atom. The van der Waals surface area contributed by atoms with Crippen molar-refractivity contribution in [3.63, 3.8) is 0 Å². The molecule has 0 saturated carbocycles. The SMILES string of the molecule is CCOC(=O)C1=C(C)N=c2s/c(=C/c3cccc(OC)c3OCc3ccc(Cl)cc3Cl)c(=O)n2[C@@H]1c1ccc(OC(C)C)c(OC)c1. The fraction of sp³-hybridized carbons (Fsp3) is 0.286. The van der Waals surface area contributed by atoms with Gasteiger partial charge in [-0.1, -0.05) is 58.8 Å². The number of rotatable bonds is 11. The summed E-state index contributed by atoms with van der Waals surface area (Å²) in [6.07, 6.45) is 1.64. The van der Waals surface area contributed by atoms with Gasteiger partial charge >= 0.3 is 5.97 Å². The Hall–Kier alpha value is -4.25. The fourth-order valence-electron chi connectivity index (χ4n) is 5.20. The Bertz CT molecular complexity index is 2030. The van der Waals surface area contributed by atoms with Gasteiger partial charge in [0.25, 0.3) is 5.56 Å². The summed E-state index contributed by atoms with van der Waals surface area (Å²) in [6.45, 7) is 7.60. The molecule has 1 aromatic heterocycles. The van der Waals surface area contributed by atoms with Crippen molar-refractivity contribution >= 4 is 46.6 Å². The number of aromatic nitrogens is 1. The summed E-state index contributed by atoms with van der Waals surface area (Å²) < 4.78 is 30.7. The van der Waals surface area contributed by atoms with Crippen molar-refractivity contribution in [3.8, 4) is 23.0 Å². The van der Waals surface area contributed by atoms with Crippen molar-refractivity contribution in [2.24, 2.45) is 4.99 Å². The molecule has 0 aliphatic carbocycles. The van der Waals surface area contributed by atoms with Gasteiger partial charge in [-0.25, -0.2) is 9.79 Å². The topological polar surface area (TPSA) is 97.6 Å². The molecular formula is C35H34Cl2N2O7S. The van der Waals surface area contributed by atoms with Gasteiger partial charge in [0.05, 0.1) is 48.8 Å². The molecule has 3 aromatic carbocycles. The summed E-state index contributed by atoms with van der Waals surface area (Å²) in [4.78, 5) is 32.7. The van der Waals surface area contributed by atoms with E-state index in [0.717, 1.165) is 5.56 Å². The lowest BCUT2D eigenvalue weighted by molar-refractivity contribution is -0.139. The Kier molecular flexibility index (Phi) is 10.6. The molecule has 4 aromatic rings. The molecular weight excluding hydrogens is 663 g/mol.